The van der Waals surface area contributed by atoms with Crippen LogP contribution in [-0.2, 0) is 15.7 Å². The lowest BCUT2D eigenvalue weighted by Gasteiger charge is -2.08. The number of halogens is 3. The van der Waals surface area contributed by atoms with Crippen molar-refractivity contribution in [1.29, 1.82) is 0 Å². The van der Waals surface area contributed by atoms with Crippen molar-refractivity contribution in [3.63, 3.8) is 0 Å². The lowest BCUT2D eigenvalue weighted by molar-refractivity contribution is -0.138. The molecule has 0 aromatic heterocycles. The van der Waals surface area contributed by atoms with Crippen molar-refractivity contribution >= 4 is 11.9 Å². The summed E-state index contributed by atoms with van der Waals surface area (Å²) < 4.78 is 43.0. The fraction of sp³-hybridized carbons (Fsp3) is 0.385. The van der Waals surface area contributed by atoms with Crippen LogP contribution in [0.2, 0.25) is 0 Å². The van der Waals surface area contributed by atoms with Crippen LogP contribution in [0.1, 0.15) is 24.0 Å². The molecule has 0 amide bonds. The summed E-state index contributed by atoms with van der Waals surface area (Å²) in [6.45, 7) is 0.193. The van der Waals surface area contributed by atoms with E-state index in [0.717, 1.165) is 12.1 Å². The number of carbonyl (C=O) groups is 1. The van der Waals surface area contributed by atoms with Crippen LogP contribution >= 0.6 is 0 Å². The first-order valence-corrected chi connectivity index (χ1v) is 5.96. The summed E-state index contributed by atoms with van der Waals surface area (Å²) >= 11 is 0. The number of carboxylic acids is 1. The zero-order chi connectivity index (χ0) is 14.8. The number of ether oxygens (including phenoxy) is 1. The Labute approximate surface area is 112 Å². The molecular formula is C13H12F3NO3. The van der Waals surface area contributed by atoms with Gasteiger partial charge in [-0.3, -0.25) is 4.79 Å². The monoisotopic (exact) mass is 287 g/mol. The maximum atomic E-state index is 12.6. The summed E-state index contributed by atoms with van der Waals surface area (Å²) in [5, 5.41) is 8.57. The molecule has 2 rings (SSSR count). The third kappa shape index (κ3) is 3.49. The van der Waals surface area contributed by atoms with Gasteiger partial charge in [0.25, 0.3) is 0 Å². The van der Waals surface area contributed by atoms with Gasteiger partial charge in [0.05, 0.1) is 11.6 Å². The van der Waals surface area contributed by atoms with Crippen molar-refractivity contribution in [2.45, 2.75) is 25.1 Å². The number of hydrogen-bond acceptors (Lipinski definition) is 3. The summed E-state index contributed by atoms with van der Waals surface area (Å²) in [5.74, 6) is -0.806. The zero-order valence-corrected chi connectivity index (χ0v) is 10.4. The van der Waals surface area contributed by atoms with Gasteiger partial charge in [-0.15, -0.1) is 0 Å². The predicted octanol–water partition coefficient (Wildman–Crippen LogP) is 2.72. The number of aliphatic imine (C=N–C) groups is 1. The largest absolute Gasteiger partial charge is 0.481 e. The Hall–Kier alpha value is -2.05. The number of benzene rings is 1. The molecule has 1 unspecified atom stereocenters. The van der Waals surface area contributed by atoms with Crippen LogP contribution in [0.5, 0.6) is 0 Å². The highest BCUT2D eigenvalue weighted by Crippen LogP contribution is 2.30. The molecule has 1 aromatic carbocycles. The molecule has 4 nitrogen and oxygen atoms in total. The second-order valence-electron chi connectivity index (χ2n) is 4.41. The van der Waals surface area contributed by atoms with E-state index in [4.69, 9.17) is 9.84 Å². The standard InChI is InChI=1S/C13H12F3NO3/c14-13(15,16)9-3-1-2-8(6-9)12-17-10(7-20-12)4-5-11(18)19/h1-3,6,10H,4-5,7H2,(H,18,19). The topological polar surface area (TPSA) is 58.9 Å². The first kappa shape index (κ1) is 14.4. The SMILES string of the molecule is O=C(O)CCC1COC(c2cccc(C(F)(F)F)c2)=N1. The first-order valence-electron chi connectivity index (χ1n) is 5.96. The maximum absolute atomic E-state index is 12.6. The van der Waals surface area contributed by atoms with Crippen LogP contribution in [0.15, 0.2) is 29.3 Å². The molecular weight excluding hydrogens is 275 g/mol. The zero-order valence-electron chi connectivity index (χ0n) is 10.4. The van der Waals surface area contributed by atoms with E-state index in [1.54, 1.807) is 0 Å². The molecule has 0 saturated heterocycles. The Morgan fingerprint density at radius 2 is 2.20 bits per heavy atom. The first-order chi connectivity index (χ1) is 9.36. The fourth-order valence-corrected chi connectivity index (χ4v) is 1.84. The molecule has 7 heteroatoms. The normalized spacial score (nSPS) is 18.6. The lowest BCUT2D eigenvalue weighted by Crippen LogP contribution is -2.09. The van der Waals surface area contributed by atoms with E-state index >= 15 is 0 Å². The van der Waals surface area contributed by atoms with E-state index in [-0.39, 0.29) is 30.5 Å². The molecule has 1 aliphatic heterocycles. The second-order valence-corrected chi connectivity index (χ2v) is 4.41. The molecule has 0 bridgehead atoms. The summed E-state index contributed by atoms with van der Waals surface area (Å²) in [6, 6.07) is 4.39. The van der Waals surface area contributed by atoms with Gasteiger partial charge in [-0.25, -0.2) is 4.99 Å². The molecule has 1 atom stereocenters. The van der Waals surface area contributed by atoms with E-state index in [2.05, 4.69) is 4.99 Å². The Kier molecular flexibility index (Phi) is 3.96. The van der Waals surface area contributed by atoms with Gasteiger partial charge in [0.2, 0.25) is 5.90 Å². The smallest absolute Gasteiger partial charge is 0.416 e. The van der Waals surface area contributed by atoms with E-state index in [1.807, 2.05) is 0 Å². The number of carboxylic acid groups (broad SMARTS) is 1. The van der Waals surface area contributed by atoms with Crippen molar-refractivity contribution in [3.05, 3.63) is 35.4 Å². The van der Waals surface area contributed by atoms with Crippen LogP contribution in [0.4, 0.5) is 13.2 Å². The molecule has 0 fully saturated rings. The van der Waals surface area contributed by atoms with Crippen LogP contribution in [0, 0.1) is 0 Å². The van der Waals surface area contributed by atoms with Gasteiger partial charge in [-0.1, -0.05) is 6.07 Å². The molecule has 108 valence electrons. The Morgan fingerprint density at radius 3 is 2.85 bits per heavy atom. The van der Waals surface area contributed by atoms with Crippen molar-refractivity contribution in [2.24, 2.45) is 4.99 Å². The molecule has 1 N–H and O–H groups in total. The average Bonchev–Trinajstić information content (AvgIpc) is 2.84. The van der Waals surface area contributed by atoms with Gasteiger partial charge >= 0.3 is 12.1 Å². The summed E-state index contributed by atoms with van der Waals surface area (Å²) in [6.07, 6.45) is -4.16. The van der Waals surface area contributed by atoms with Gasteiger partial charge in [-0.05, 0) is 24.6 Å². The van der Waals surface area contributed by atoms with Crippen molar-refractivity contribution < 1.29 is 27.8 Å². The van der Waals surface area contributed by atoms with Crippen molar-refractivity contribution in [2.75, 3.05) is 6.61 Å². The Morgan fingerprint density at radius 1 is 1.45 bits per heavy atom. The number of hydrogen-bond donors (Lipinski definition) is 1. The number of rotatable bonds is 4. The van der Waals surface area contributed by atoms with Gasteiger partial charge in [0, 0.05) is 12.0 Å². The predicted molar refractivity (Wildman–Crippen MR) is 64.6 cm³/mol. The molecule has 1 aromatic rings. The number of alkyl halides is 3. The maximum Gasteiger partial charge on any atom is 0.416 e. The van der Waals surface area contributed by atoms with Crippen molar-refractivity contribution in [1.82, 2.24) is 0 Å². The molecule has 0 saturated carbocycles. The van der Waals surface area contributed by atoms with E-state index in [0.29, 0.717) is 6.42 Å². The van der Waals surface area contributed by atoms with Crippen molar-refractivity contribution in [3.8, 4) is 0 Å². The minimum atomic E-state index is -4.42. The van der Waals surface area contributed by atoms with Gasteiger partial charge in [0.15, 0.2) is 0 Å². The molecule has 0 spiro atoms. The van der Waals surface area contributed by atoms with Gasteiger partial charge in [0.1, 0.15) is 6.61 Å². The third-order valence-electron chi connectivity index (χ3n) is 2.84. The summed E-state index contributed by atoms with van der Waals surface area (Å²) in [4.78, 5) is 14.6. The summed E-state index contributed by atoms with van der Waals surface area (Å²) in [7, 11) is 0. The second kappa shape index (κ2) is 5.52. The van der Waals surface area contributed by atoms with E-state index in [9.17, 15) is 18.0 Å². The van der Waals surface area contributed by atoms with Gasteiger partial charge in [-0.2, -0.15) is 13.2 Å². The average molecular weight is 287 g/mol. The number of aliphatic carboxylic acids is 1. The molecule has 0 radical (unpaired) electrons. The minimum absolute atomic E-state index is 0.0482. The molecule has 0 aliphatic carbocycles. The molecule has 1 aliphatic rings. The van der Waals surface area contributed by atoms with Gasteiger partial charge < -0.3 is 9.84 Å². The molecule has 20 heavy (non-hydrogen) atoms. The van der Waals surface area contributed by atoms with Crippen LogP contribution in [0.3, 0.4) is 0 Å². The minimum Gasteiger partial charge on any atom is -0.481 e. The number of nitrogens with zero attached hydrogens (tertiary/aromatic N) is 1. The quantitative estimate of drug-likeness (QED) is 0.926. The highest BCUT2D eigenvalue weighted by molar-refractivity contribution is 5.95. The van der Waals surface area contributed by atoms with Crippen LogP contribution in [-0.4, -0.2) is 29.6 Å². The third-order valence-corrected chi connectivity index (χ3v) is 2.84. The lowest BCUT2D eigenvalue weighted by atomic mass is 10.1. The van der Waals surface area contributed by atoms with E-state index in [1.165, 1.54) is 12.1 Å². The molecule has 1 heterocycles. The summed E-state index contributed by atoms with van der Waals surface area (Å²) in [5.41, 5.74) is -0.520. The fourth-order valence-electron chi connectivity index (χ4n) is 1.84. The Bertz CT molecular complexity index is 540. The van der Waals surface area contributed by atoms with Crippen LogP contribution < -0.4 is 0 Å². The van der Waals surface area contributed by atoms with Crippen LogP contribution in [0.25, 0.3) is 0 Å². The van der Waals surface area contributed by atoms with E-state index < -0.39 is 17.7 Å². The highest BCUT2D eigenvalue weighted by atomic mass is 19.4. The highest BCUT2D eigenvalue weighted by Gasteiger charge is 2.31. The Balaban J connectivity index is 2.12.